The van der Waals surface area contributed by atoms with Crippen molar-refractivity contribution in [1.82, 2.24) is 10.2 Å². The van der Waals surface area contributed by atoms with Crippen molar-refractivity contribution in [2.24, 2.45) is 10.2 Å². The molecule has 2 aromatic rings. The van der Waals surface area contributed by atoms with Gasteiger partial charge in [-0.05, 0) is 43.4 Å². The summed E-state index contributed by atoms with van der Waals surface area (Å²) in [6, 6.07) is 2.88. The molecule has 0 atom stereocenters. The van der Waals surface area contributed by atoms with Crippen molar-refractivity contribution in [1.29, 1.82) is 0 Å². The molecule has 0 fully saturated rings. The quantitative estimate of drug-likeness (QED) is 0.216. The number of aryl methyl sites for hydroxylation is 1. The van der Waals surface area contributed by atoms with Crippen LogP contribution >= 0.6 is 11.3 Å². The van der Waals surface area contributed by atoms with Gasteiger partial charge in [0.2, 0.25) is 5.01 Å². The molecule has 10 nitrogen and oxygen atoms in total. The van der Waals surface area contributed by atoms with Crippen LogP contribution in [-0.4, -0.2) is 49.8 Å². The van der Waals surface area contributed by atoms with E-state index in [2.05, 4.69) is 20.4 Å². The summed E-state index contributed by atoms with van der Waals surface area (Å²) in [6.45, 7) is 5.61. The third-order valence-electron chi connectivity index (χ3n) is 5.31. The maximum atomic E-state index is 13.1. The molecule has 0 saturated heterocycles. The topological polar surface area (TPSA) is 126 Å². The summed E-state index contributed by atoms with van der Waals surface area (Å²) in [5.41, 5.74) is -4.51. The molecule has 0 radical (unpaired) electrons. The first kappa shape index (κ1) is 27.8. The van der Waals surface area contributed by atoms with Crippen LogP contribution in [-0.2, 0) is 21.2 Å². The molecule has 1 aliphatic rings. The van der Waals surface area contributed by atoms with Gasteiger partial charge in [0, 0.05) is 18.8 Å². The summed E-state index contributed by atoms with van der Waals surface area (Å²) in [7, 11) is -5.69. The Hall–Kier alpha value is -2.81. The van der Waals surface area contributed by atoms with E-state index in [9.17, 15) is 26.4 Å². The van der Waals surface area contributed by atoms with Crippen molar-refractivity contribution < 1.29 is 31.1 Å². The zero-order valence-electron chi connectivity index (χ0n) is 19.8. The molecule has 0 bridgehead atoms. The number of alkyl halides is 3. The van der Waals surface area contributed by atoms with Gasteiger partial charge in [0.05, 0.1) is 12.3 Å². The first-order valence-corrected chi connectivity index (χ1v) is 13.8. The van der Waals surface area contributed by atoms with Gasteiger partial charge in [0.1, 0.15) is 5.69 Å². The lowest BCUT2D eigenvalue weighted by Gasteiger charge is -2.32. The van der Waals surface area contributed by atoms with Crippen LogP contribution in [0.3, 0.4) is 0 Å². The number of anilines is 2. The molecule has 198 valence electrons. The minimum atomic E-state index is -5.69. The Kier molecular flexibility index (Phi) is 9.22. The van der Waals surface area contributed by atoms with Crippen LogP contribution in [0.5, 0.6) is 0 Å². The number of esters is 1. The van der Waals surface area contributed by atoms with Gasteiger partial charge in [0.25, 0.3) is 5.13 Å². The molecular weight excluding hydrogens is 521 g/mol. The monoisotopic (exact) mass is 548 g/mol. The lowest BCUT2D eigenvalue weighted by Crippen LogP contribution is -2.32. The average Bonchev–Trinajstić information content (AvgIpc) is 3.30. The molecule has 1 aliphatic heterocycles. The van der Waals surface area contributed by atoms with E-state index >= 15 is 0 Å². The third-order valence-corrected chi connectivity index (χ3v) is 7.19. The Morgan fingerprint density at radius 2 is 1.94 bits per heavy atom. The van der Waals surface area contributed by atoms with E-state index in [1.165, 1.54) is 12.1 Å². The number of carbonyl (C=O) groups is 1. The molecule has 1 N–H and O–H groups in total. The number of fused-ring (bicyclic) bond motifs is 1. The lowest BCUT2D eigenvalue weighted by atomic mass is 10.00. The number of unbranched alkanes of at least 4 members (excludes halogenated alkanes) is 2. The van der Waals surface area contributed by atoms with Gasteiger partial charge < -0.3 is 9.64 Å². The van der Waals surface area contributed by atoms with Crippen molar-refractivity contribution in [3.05, 3.63) is 22.7 Å². The van der Waals surface area contributed by atoms with Gasteiger partial charge in [0.15, 0.2) is 0 Å². The maximum absolute atomic E-state index is 13.1. The molecule has 15 heteroatoms. The first-order chi connectivity index (χ1) is 17.1. The van der Waals surface area contributed by atoms with Crippen molar-refractivity contribution in [2.45, 2.75) is 57.9 Å². The zero-order valence-corrected chi connectivity index (χ0v) is 21.5. The second-order valence-corrected chi connectivity index (χ2v) is 10.7. The predicted octanol–water partition coefficient (Wildman–Crippen LogP) is 5.72. The highest BCUT2D eigenvalue weighted by Gasteiger charge is 2.46. The second-order valence-electron chi connectivity index (χ2n) is 8.07. The molecule has 0 spiro atoms. The van der Waals surface area contributed by atoms with Crippen LogP contribution in [0, 0.1) is 0 Å². The second kappa shape index (κ2) is 12.0. The fraction of sp³-hybridized carbons (Fsp3) is 0.571. The molecule has 0 aliphatic carbocycles. The molecule has 0 unspecified atom stereocenters. The van der Waals surface area contributed by atoms with E-state index in [0.29, 0.717) is 31.6 Å². The number of rotatable bonds is 11. The minimum absolute atomic E-state index is 0.0376. The van der Waals surface area contributed by atoms with E-state index in [1.54, 1.807) is 4.72 Å². The molecular formula is C21H27F3N6O4S2. The number of halogens is 3. The number of nitrogens with one attached hydrogen (secondary N) is 1. The number of hydrogen-bond donors (Lipinski definition) is 1. The summed E-state index contributed by atoms with van der Waals surface area (Å²) < 4.78 is 69.7. The van der Waals surface area contributed by atoms with E-state index in [4.69, 9.17) is 4.74 Å². The summed E-state index contributed by atoms with van der Waals surface area (Å²) in [6.07, 6.45) is 4.84. The first-order valence-electron chi connectivity index (χ1n) is 11.5. The van der Waals surface area contributed by atoms with Gasteiger partial charge in [-0.1, -0.05) is 38.0 Å². The Morgan fingerprint density at radius 3 is 2.64 bits per heavy atom. The Morgan fingerprint density at radius 1 is 1.19 bits per heavy atom. The third kappa shape index (κ3) is 6.90. The Bertz CT molecular complexity index is 1200. The van der Waals surface area contributed by atoms with Crippen LogP contribution in [0.2, 0.25) is 0 Å². The van der Waals surface area contributed by atoms with E-state index < -0.39 is 21.5 Å². The smallest absolute Gasteiger partial charge is 0.460 e. The fourth-order valence-electron chi connectivity index (χ4n) is 3.45. The molecule has 3 rings (SSSR count). The van der Waals surface area contributed by atoms with E-state index in [-0.39, 0.29) is 28.1 Å². The van der Waals surface area contributed by atoms with Gasteiger partial charge in [-0.2, -0.15) is 21.6 Å². The number of sulfonamides is 1. The molecule has 2 heterocycles. The standard InChI is InChI=1S/C21H27F3N6O4S2/c1-3-5-9-30-10-7-8-14-12-15(16(13-17(14)30)29-36(32,33)21(22,23)24)25-27-20-28-26-18(35-20)19(31)34-11-6-4-2/h12-13,29H,3-11H2,1-2H3. The van der Waals surface area contributed by atoms with Gasteiger partial charge in [-0.15, -0.1) is 20.4 Å². The fourth-order valence-corrected chi connectivity index (χ4v) is 4.58. The zero-order chi connectivity index (χ0) is 26.3. The van der Waals surface area contributed by atoms with Crippen LogP contribution in [0.25, 0.3) is 0 Å². The average molecular weight is 549 g/mol. The normalized spacial score (nSPS) is 14.2. The number of aromatic nitrogens is 2. The lowest BCUT2D eigenvalue weighted by molar-refractivity contribution is -0.0429. The van der Waals surface area contributed by atoms with Crippen molar-refractivity contribution in [3.63, 3.8) is 0 Å². The number of azo groups is 1. The summed E-state index contributed by atoms with van der Waals surface area (Å²) in [4.78, 5) is 14.0. The highest BCUT2D eigenvalue weighted by molar-refractivity contribution is 7.93. The van der Waals surface area contributed by atoms with Gasteiger partial charge in [-0.3, -0.25) is 4.72 Å². The Balaban J connectivity index is 1.93. The van der Waals surface area contributed by atoms with Crippen molar-refractivity contribution in [2.75, 3.05) is 29.3 Å². The van der Waals surface area contributed by atoms with Gasteiger partial charge >= 0.3 is 21.5 Å². The highest BCUT2D eigenvalue weighted by atomic mass is 32.2. The number of carbonyl (C=O) groups excluding carboxylic acids is 1. The molecule has 36 heavy (non-hydrogen) atoms. The summed E-state index contributed by atoms with van der Waals surface area (Å²) >= 11 is 0.796. The van der Waals surface area contributed by atoms with Crippen LogP contribution in [0.1, 0.15) is 61.3 Å². The molecule has 0 saturated carbocycles. The number of hydrogen-bond acceptors (Lipinski definition) is 10. The predicted molar refractivity (Wildman–Crippen MR) is 130 cm³/mol. The van der Waals surface area contributed by atoms with E-state index in [0.717, 1.165) is 42.6 Å². The van der Waals surface area contributed by atoms with Gasteiger partial charge in [-0.25, -0.2) is 4.79 Å². The van der Waals surface area contributed by atoms with E-state index in [1.807, 2.05) is 18.7 Å². The summed E-state index contributed by atoms with van der Waals surface area (Å²) in [5, 5.41) is 15.2. The van der Waals surface area contributed by atoms with Crippen LogP contribution < -0.4 is 9.62 Å². The minimum Gasteiger partial charge on any atom is -0.460 e. The number of benzene rings is 1. The molecule has 1 aromatic heterocycles. The number of ether oxygens (including phenoxy) is 1. The van der Waals surface area contributed by atoms with Crippen LogP contribution in [0.4, 0.5) is 35.4 Å². The van der Waals surface area contributed by atoms with Crippen molar-refractivity contribution >= 4 is 49.5 Å². The SMILES string of the molecule is CCCCOC(=O)c1nnc(N=Nc2cc3c(cc2NS(=O)(=O)C(F)(F)F)N(CCCC)CCC3)s1. The molecule has 0 amide bonds. The summed E-state index contributed by atoms with van der Waals surface area (Å²) in [5.74, 6) is -0.665. The Labute approximate surface area is 211 Å². The number of nitrogens with zero attached hydrogens (tertiary/aromatic N) is 5. The largest absolute Gasteiger partial charge is 0.516 e. The van der Waals surface area contributed by atoms with Crippen molar-refractivity contribution in [3.8, 4) is 0 Å². The van der Waals surface area contributed by atoms with Crippen LogP contribution in [0.15, 0.2) is 22.4 Å². The maximum Gasteiger partial charge on any atom is 0.516 e. The molecule has 1 aromatic carbocycles. The highest BCUT2D eigenvalue weighted by Crippen LogP contribution is 2.39.